The molecule has 0 bridgehead atoms. The molecule has 4 aromatic carbocycles. The molecule has 0 aliphatic rings. The van der Waals surface area contributed by atoms with Gasteiger partial charge in [-0.25, -0.2) is 10.2 Å². The number of hydrogen-bond donors (Lipinski definition) is 3. The van der Waals surface area contributed by atoms with E-state index in [-0.39, 0.29) is 22.7 Å². The molecule has 0 heterocycles. The molecule has 0 fully saturated rings. The number of esters is 1. The molecule has 44 heavy (non-hydrogen) atoms. The van der Waals surface area contributed by atoms with Crippen molar-refractivity contribution in [1.82, 2.24) is 5.43 Å². The molecule has 0 saturated heterocycles. The van der Waals surface area contributed by atoms with E-state index < -0.39 is 23.7 Å². The van der Waals surface area contributed by atoms with Gasteiger partial charge in [-0.15, -0.1) is 0 Å². The maximum atomic E-state index is 12.9. The molecule has 0 aliphatic heterocycles. The molecule has 12 heteroatoms. The number of nitrogens with one attached hydrogen (secondary N) is 3. The summed E-state index contributed by atoms with van der Waals surface area (Å²) in [4.78, 5) is 50.3. The van der Waals surface area contributed by atoms with Crippen molar-refractivity contribution >= 4 is 52.9 Å². The standard InChI is InChI=1S/C32H27ClN4O7/c1-3-43-24-15-13-23(14-16-24)35-29(38)25-6-4-5-7-26(25)36-30(39)31(40)37-34-19-20-8-17-27(28(18-20)42-2)44-32(41)21-9-11-22(33)12-10-21/h4-19H,3H2,1-2H3,(H,35,38)(H,36,39)(H,37,40)/b34-19+. The summed E-state index contributed by atoms with van der Waals surface area (Å²) in [7, 11) is 1.40. The molecule has 3 N–H and O–H groups in total. The zero-order valence-electron chi connectivity index (χ0n) is 23.6. The highest BCUT2D eigenvalue weighted by Gasteiger charge is 2.18. The van der Waals surface area contributed by atoms with E-state index in [1.165, 1.54) is 49.7 Å². The number of nitrogens with zero attached hydrogens (tertiary/aromatic N) is 1. The van der Waals surface area contributed by atoms with Crippen molar-refractivity contribution in [2.24, 2.45) is 5.10 Å². The molecule has 0 aromatic heterocycles. The van der Waals surface area contributed by atoms with Gasteiger partial charge in [-0.3, -0.25) is 14.4 Å². The number of halogens is 1. The van der Waals surface area contributed by atoms with Crippen molar-refractivity contribution in [3.05, 3.63) is 113 Å². The first kappa shape index (κ1) is 31.3. The highest BCUT2D eigenvalue weighted by molar-refractivity contribution is 6.40. The Morgan fingerprint density at radius 3 is 2.27 bits per heavy atom. The monoisotopic (exact) mass is 614 g/mol. The highest BCUT2D eigenvalue weighted by Crippen LogP contribution is 2.28. The second-order valence-corrected chi connectivity index (χ2v) is 9.35. The van der Waals surface area contributed by atoms with Gasteiger partial charge in [0.05, 0.1) is 36.7 Å². The summed E-state index contributed by atoms with van der Waals surface area (Å²) in [6.45, 7) is 2.39. The van der Waals surface area contributed by atoms with E-state index in [0.717, 1.165) is 0 Å². The minimum Gasteiger partial charge on any atom is -0.494 e. The number of anilines is 2. The van der Waals surface area contributed by atoms with E-state index in [2.05, 4.69) is 21.2 Å². The minimum atomic E-state index is -1.07. The lowest BCUT2D eigenvalue weighted by atomic mass is 10.1. The smallest absolute Gasteiger partial charge is 0.343 e. The normalized spacial score (nSPS) is 10.5. The number of ether oxygens (including phenoxy) is 3. The van der Waals surface area contributed by atoms with Crippen LogP contribution in [0, 0.1) is 0 Å². The fraction of sp³-hybridized carbons (Fsp3) is 0.0938. The molecule has 0 spiro atoms. The van der Waals surface area contributed by atoms with Crippen LogP contribution >= 0.6 is 11.6 Å². The van der Waals surface area contributed by atoms with Crippen molar-refractivity contribution in [3.63, 3.8) is 0 Å². The fourth-order valence-electron chi connectivity index (χ4n) is 3.78. The first-order chi connectivity index (χ1) is 21.3. The lowest BCUT2D eigenvalue weighted by molar-refractivity contribution is -0.136. The van der Waals surface area contributed by atoms with Crippen LogP contribution in [0.1, 0.15) is 33.2 Å². The number of hydrazone groups is 1. The first-order valence-corrected chi connectivity index (χ1v) is 13.6. The van der Waals surface area contributed by atoms with Gasteiger partial charge < -0.3 is 24.8 Å². The summed E-state index contributed by atoms with van der Waals surface area (Å²) in [5, 5.41) is 9.47. The maximum Gasteiger partial charge on any atom is 0.343 e. The molecule has 0 radical (unpaired) electrons. The first-order valence-electron chi connectivity index (χ1n) is 13.2. The number of rotatable bonds is 10. The molecular weight excluding hydrogens is 588 g/mol. The molecule has 4 rings (SSSR count). The summed E-state index contributed by atoms with van der Waals surface area (Å²) >= 11 is 5.86. The Bertz CT molecular complexity index is 1690. The Kier molecular flexibility index (Phi) is 10.6. The van der Waals surface area contributed by atoms with Crippen LogP contribution in [-0.4, -0.2) is 43.6 Å². The van der Waals surface area contributed by atoms with Crippen LogP contribution in [0.3, 0.4) is 0 Å². The van der Waals surface area contributed by atoms with E-state index >= 15 is 0 Å². The molecule has 3 amide bonds. The Labute approximate surface area is 257 Å². The van der Waals surface area contributed by atoms with Crippen LogP contribution in [0.25, 0.3) is 0 Å². The Balaban J connectivity index is 1.34. The fourth-order valence-corrected chi connectivity index (χ4v) is 3.90. The molecule has 4 aromatic rings. The number of methoxy groups -OCH3 is 1. The van der Waals surface area contributed by atoms with Crippen LogP contribution in [0.2, 0.25) is 5.02 Å². The van der Waals surface area contributed by atoms with E-state index in [1.54, 1.807) is 54.6 Å². The number of para-hydroxylation sites is 1. The van der Waals surface area contributed by atoms with Gasteiger partial charge in [0.15, 0.2) is 11.5 Å². The molecule has 0 atom stereocenters. The summed E-state index contributed by atoms with van der Waals surface area (Å²) in [6.07, 6.45) is 1.27. The predicted molar refractivity (Wildman–Crippen MR) is 166 cm³/mol. The van der Waals surface area contributed by atoms with Crippen LogP contribution < -0.4 is 30.3 Å². The van der Waals surface area contributed by atoms with Crippen molar-refractivity contribution in [1.29, 1.82) is 0 Å². The quantitative estimate of drug-likeness (QED) is 0.0722. The zero-order chi connectivity index (χ0) is 31.5. The highest BCUT2D eigenvalue weighted by atomic mass is 35.5. The molecule has 0 unspecified atom stereocenters. The van der Waals surface area contributed by atoms with Gasteiger partial charge in [-0.05, 0) is 91.3 Å². The van der Waals surface area contributed by atoms with Crippen molar-refractivity contribution in [2.75, 3.05) is 24.4 Å². The second kappa shape index (κ2) is 15.0. The van der Waals surface area contributed by atoms with Gasteiger partial charge in [0.2, 0.25) is 0 Å². The Hall–Kier alpha value is -5.68. The SMILES string of the molecule is CCOc1ccc(NC(=O)c2ccccc2NC(=O)C(=O)N/N=C/c2ccc(OC(=O)c3ccc(Cl)cc3)c(OC)c2)cc1. The number of carbonyl (C=O) groups is 4. The molecule has 224 valence electrons. The Morgan fingerprint density at radius 1 is 0.841 bits per heavy atom. The molecular formula is C32H27ClN4O7. The van der Waals surface area contributed by atoms with Gasteiger partial charge in [0, 0.05) is 10.7 Å². The van der Waals surface area contributed by atoms with Crippen molar-refractivity contribution in [2.45, 2.75) is 6.92 Å². The third-order valence-electron chi connectivity index (χ3n) is 5.90. The van der Waals surface area contributed by atoms with E-state index in [0.29, 0.717) is 34.2 Å². The van der Waals surface area contributed by atoms with Crippen LogP contribution in [0.4, 0.5) is 11.4 Å². The summed E-state index contributed by atoms with van der Waals surface area (Å²) in [6, 6.07) is 23.9. The van der Waals surface area contributed by atoms with E-state index in [1.807, 2.05) is 6.92 Å². The van der Waals surface area contributed by atoms with Crippen LogP contribution in [0.15, 0.2) is 96.1 Å². The largest absolute Gasteiger partial charge is 0.494 e. The molecule has 0 saturated carbocycles. The molecule has 0 aliphatic carbocycles. The lowest BCUT2D eigenvalue weighted by Crippen LogP contribution is -2.33. The van der Waals surface area contributed by atoms with Gasteiger partial charge >= 0.3 is 17.8 Å². The van der Waals surface area contributed by atoms with Gasteiger partial charge in [-0.2, -0.15) is 5.10 Å². The average Bonchev–Trinajstić information content (AvgIpc) is 3.03. The second-order valence-electron chi connectivity index (χ2n) is 8.92. The number of carbonyl (C=O) groups excluding carboxylic acids is 4. The van der Waals surface area contributed by atoms with Gasteiger partial charge in [-0.1, -0.05) is 23.7 Å². The summed E-state index contributed by atoms with van der Waals surface area (Å²) < 4.78 is 16.1. The lowest BCUT2D eigenvalue weighted by Gasteiger charge is -2.11. The van der Waals surface area contributed by atoms with Gasteiger partial charge in [0.1, 0.15) is 5.75 Å². The Morgan fingerprint density at radius 2 is 1.57 bits per heavy atom. The van der Waals surface area contributed by atoms with E-state index in [4.69, 9.17) is 25.8 Å². The number of hydrogen-bond acceptors (Lipinski definition) is 8. The summed E-state index contributed by atoms with van der Waals surface area (Å²) in [5.74, 6) is -2.12. The van der Waals surface area contributed by atoms with Crippen molar-refractivity contribution < 1.29 is 33.4 Å². The number of amides is 3. The maximum absolute atomic E-state index is 12.9. The third kappa shape index (κ3) is 8.43. The predicted octanol–water partition coefficient (Wildman–Crippen LogP) is 5.31. The minimum absolute atomic E-state index is 0.133. The van der Waals surface area contributed by atoms with E-state index in [9.17, 15) is 19.2 Å². The van der Waals surface area contributed by atoms with Crippen molar-refractivity contribution in [3.8, 4) is 17.2 Å². The molecule has 11 nitrogen and oxygen atoms in total. The zero-order valence-corrected chi connectivity index (χ0v) is 24.4. The third-order valence-corrected chi connectivity index (χ3v) is 6.15. The topological polar surface area (TPSA) is 144 Å². The summed E-state index contributed by atoms with van der Waals surface area (Å²) in [5.41, 5.74) is 3.72. The average molecular weight is 615 g/mol. The van der Waals surface area contributed by atoms with Crippen LogP contribution in [-0.2, 0) is 9.59 Å². The van der Waals surface area contributed by atoms with Crippen LogP contribution in [0.5, 0.6) is 17.2 Å². The number of benzene rings is 4. The van der Waals surface area contributed by atoms with Gasteiger partial charge in [0.25, 0.3) is 5.91 Å².